The van der Waals surface area contributed by atoms with Gasteiger partial charge in [0.05, 0.1) is 12.1 Å². The van der Waals surface area contributed by atoms with Crippen LogP contribution in [0.2, 0.25) is 0 Å². The Bertz CT molecular complexity index is 499. The Balaban J connectivity index is 2.63. The highest BCUT2D eigenvalue weighted by molar-refractivity contribution is 5.94. The zero-order chi connectivity index (χ0) is 10.8. The van der Waals surface area contributed by atoms with E-state index < -0.39 is 0 Å². The van der Waals surface area contributed by atoms with Gasteiger partial charge >= 0.3 is 0 Å². The summed E-state index contributed by atoms with van der Waals surface area (Å²) in [6.45, 7) is 4.12. The molecule has 1 heterocycles. The Morgan fingerprint density at radius 3 is 2.87 bits per heavy atom. The summed E-state index contributed by atoms with van der Waals surface area (Å²) in [5.41, 5.74) is 0.897. The highest BCUT2D eigenvalue weighted by Gasteiger charge is 2.07. The van der Waals surface area contributed by atoms with E-state index in [2.05, 4.69) is 0 Å². The van der Waals surface area contributed by atoms with Crippen LogP contribution in [0.3, 0.4) is 0 Å². The molecular formula is C12H13NO2. The number of rotatable bonds is 2. The van der Waals surface area contributed by atoms with Crippen LogP contribution >= 0.6 is 0 Å². The first-order chi connectivity index (χ1) is 7.24. The minimum atomic E-state index is 0.0126. The number of hydrogen-bond donors (Lipinski definition) is 0. The standard InChI is InChI=1S/C12H13NO2/c1-3-15-12-6-4-5-11-10(12)7-8-13(11)9(2)14/h4-8H,3H2,1-2H3. The molecule has 0 saturated heterocycles. The topological polar surface area (TPSA) is 31.2 Å². The van der Waals surface area contributed by atoms with E-state index >= 15 is 0 Å². The molecular weight excluding hydrogens is 190 g/mol. The highest BCUT2D eigenvalue weighted by atomic mass is 16.5. The molecule has 0 atom stereocenters. The lowest BCUT2D eigenvalue weighted by Gasteiger charge is -2.05. The molecule has 2 aromatic rings. The summed E-state index contributed by atoms with van der Waals surface area (Å²) in [5, 5.41) is 0.981. The number of carbonyl (C=O) groups excluding carboxylic acids is 1. The smallest absolute Gasteiger partial charge is 0.227 e. The van der Waals surface area contributed by atoms with E-state index in [0.29, 0.717) is 6.61 Å². The largest absolute Gasteiger partial charge is 0.493 e. The number of ether oxygens (including phenoxy) is 1. The molecule has 1 aromatic heterocycles. The van der Waals surface area contributed by atoms with Crippen LogP contribution in [-0.2, 0) is 0 Å². The predicted octanol–water partition coefficient (Wildman–Crippen LogP) is 2.70. The Hall–Kier alpha value is -1.77. The van der Waals surface area contributed by atoms with Crippen LogP contribution < -0.4 is 4.74 Å². The second-order valence-electron chi connectivity index (χ2n) is 3.33. The van der Waals surface area contributed by atoms with Gasteiger partial charge in [0.1, 0.15) is 5.75 Å². The fourth-order valence-corrected chi connectivity index (χ4v) is 1.70. The van der Waals surface area contributed by atoms with E-state index in [1.807, 2.05) is 31.2 Å². The van der Waals surface area contributed by atoms with Gasteiger partial charge in [-0.3, -0.25) is 9.36 Å². The monoisotopic (exact) mass is 203 g/mol. The van der Waals surface area contributed by atoms with Crippen molar-refractivity contribution in [3.63, 3.8) is 0 Å². The molecule has 0 aliphatic rings. The second-order valence-corrected chi connectivity index (χ2v) is 3.33. The minimum absolute atomic E-state index is 0.0126. The summed E-state index contributed by atoms with van der Waals surface area (Å²) < 4.78 is 7.11. The van der Waals surface area contributed by atoms with E-state index in [4.69, 9.17) is 4.74 Å². The van der Waals surface area contributed by atoms with Crippen molar-refractivity contribution in [3.05, 3.63) is 30.5 Å². The number of hydrogen-bond acceptors (Lipinski definition) is 2. The normalized spacial score (nSPS) is 10.5. The minimum Gasteiger partial charge on any atom is -0.493 e. The lowest BCUT2D eigenvalue weighted by molar-refractivity contribution is 0.0941. The first-order valence-electron chi connectivity index (χ1n) is 4.98. The van der Waals surface area contributed by atoms with Crippen LogP contribution in [0.15, 0.2) is 30.5 Å². The van der Waals surface area contributed by atoms with Crippen LogP contribution in [0.1, 0.15) is 18.6 Å². The summed E-state index contributed by atoms with van der Waals surface area (Å²) in [4.78, 5) is 11.3. The summed E-state index contributed by atoms with van der Waals surface area (Å²) in [6.07, 6.45) is 1.77. The van der Waals surface area contributed by atoms with E-state index in [1.54, 1.807) is 17.7 Å². The van der Waals surface area contributed by atoms with E-state index in [9.17, 15) is 4.79 Å². The summed E-state index contributed by atoms with van der Waals surface area (Å²) in [6, 6.07) is 7.63. The molecule has 15 heavy (non-hydrogen) atoms. The van der Waals surface area contributed by atoms with Gasteiger partial charge in [-0.25, -0.2) is 0 Å². The SMILES string of the molecule is CCOc1cccc2c1ccn2C(C)=O. The number of aromatic nitrogens is 1. The average molecular weight is 203 g/mol. The van der Waals surface area contributed by atoms with Gasteiger partial charge in [0.2, 0.25) is 5.91 Å². The third kappa shape index (κ3) is 1.61. The van der Waals surface area contributed by atoms with Gasteiger partial charge in [0, 0.05) is 18.5 Å². The Morgan fingerprint density at radius 2 is 2.20 bits per heavy atom. The molecule has 0 fully saturated rings. The fourth-order valence-electron chi connectivity index (χ4n) is 1.70. The van der Waals surface area contributed by atoms with Crippen molar-refractivity contribution in [1.82, 2.24) is 4.57 Å². The number of benzene rings is 1. The summed E-state index contributed by atoms with van der Waals surface area (Å²) in [5.74, 6) is 0.841. The lowest BCUT2D eigenvalue weighted by atomic mass is 10.2. The van der Waals surface area contributed by atoms with Crippen molar-refractivity contribution in [1.29, 1.82) is 0 Å². The second kappa shape index (κ2) is 3.77. The first-order valence-corrected chi connectivity index (χ1v) is 4.98. The molecule has 0 aliphatic heterocycles. The molecule has 0 spiro atoms. The van der Waals surface area contributed by atoms with Crippen LogP contribution in [0.25, 0.3) is 10.9 Å². The summed E-state index contributed by atoms with van der Waals surface area (Å²) in [7, 11) is 0. The van der Waals surface area contributed by atoms with Crippen molar-refractivity contribution < 1.29 is 9.53 Å². The molecule has 0 amide bonds. The molecule has 0 saturated carbocycles. The quantitative estimate of drug-likeness (QED) is 0.751. The van der Waals surface area contributed by atoms with Crippen LogP contribution in [0.4, 0.5) is 0 Å². The maximum Gasteiger partial charge on any atom is 0.227 e. The molecule has 3 nitrogen and oxygen atoms in total. The Labute approximate surface area is 88.3 Å². The van der Waals surface area contributed by atoms with Gasteiger partial charge in [0.15, 0.2) is 0 Å². The molecule has 0 radical (unpaired) electrons. The highest BCUT2D eigenvalue weighted by Crippen LogP contribution is 2.26. The van der Waals surface area contributed by atoms with Crippen molar-refractivity contribution in [2.24, 2.45) is 0 Å². The van der Waals surface area contributed by atoms with Crippen molar-refractivity contribution >= 4 is 16.8 Å². The number of nitrogens with zero attached hydrogens (tertiary/aromatic N) is 1. The van der Waals surface area contributed by atoms with E-state index in [-0.39, 0.29) is 5.91 Å². The fraction of sp³-hybridized carbons (Fsp3) is 0.250. The third-order valence-corrected chi connectivity index (χ3v) is 2.33. The van der Waals surface area contributed by atoms with Gasteiger partial charge in [-0.15, -0.1) is 0 Å². The molecule has 2 rings (SSSR count). The van der Waals surface area contributed by atoms with Gasteiger partial charge in [-0.2, -0.15) is 0 Å². The molecule has 0 unspecified atom stereocenters. The van der Waals surface area contributed by atoms with Gasteiger partial charge < -0.3 is 4.74 Å². The Kier molecular flexibility index (Phi) is 2.46. The van der Waals surface area contributed by atoms with Gasteiger partial charge in [-0.1, -0.05) is 6.07 Å². The molecule has 78 valence electrons. The van der Waals surface area contributed by atoms with Crippen LogP contribution in [-0.4, -0.2) is 17.1 Å². The molecule has 0 bridgehead atoms. The Morgan fingerprint density at radius 1 is 1.40 bits per heavy atom. The molecule has 3 heteroatoms. The third-order valence-electron chi connectivity index (χ3n) is 2.33. The molecule has 1 aromatic carbocycles. The number of carbonyl (C=O) groups is 1. The predicted molar refractivity (Wildman–Crippen MR) is 59.4 cm³/mol. The van der Waals surface area contributed by atoms with Crippen LogP contribution in [0, 0.1) is 0 Å². The van der Waals surface area contributed by atoms with Crippen molar-refractivity contribution in [2.75, 3.05) is 6.61 Å². The van der Waals surface area contributed by atoms with Crippen LogP contribution in [0.5, 0.6) is 5.75 Å². The van der Waals surface area contributed by atoms with E-state index in [0.717, 1.165) is 16.7 Å². The summed E-state index contributed by atoms with van der Waals surface area (Å²) >= 11 is 0. The van der Waals surface area contributed by atoms with Crippen molar-refractivity contribution in [3.8, 4) is 5.75 Å². The zero-order valence-electron chi connectivity index (χ0n) is 8.86. The van der Waals surface area contributed by atoms with E-state index in [1.165, 1.54) is 0 Å². The van der Waals surface area contributed by atoms with Gasteiger partial charge in [0.25, 0.3) is 0 Å². The first kappa shape index (κ1) is 9.77. The molecule has 0 aliphatic carbocycles. The maximum absolute atomic E-state index is 11.3. The number of fused-ring (bicyclic) bond motifs is 1. The average Bonchev–Trinajstić information content (AvgIpc) is 2.62. The maximum atomic E-state index is 11.3. The van der Waals surface area contributed by atoms with Gasteiger partial charge in [-0.05, 0) is 25.1 Å². The lowest BCUT2D eigenvalue weighted by Crippen LogP contribution is -2.02. The zero-order valence-corrected chi connectivity index (χ0v) is 8.86. The molecule has 0 N–H and O–H groups in total. The van der Waals surface area contributed by atoms with Crippen molar-refractivity contribution in [2.45, 2.75) is 13.8 Å².